The zero-order chi connectivity index (χ0) is 26.6. The second kappa shape index (κ2) is 17.2. The average molecular weight is 586 g/mol. The van der Waals surface area contributed by atoms with E-state index in [2.05, 4.69) is 91.4 Å². The first-order valence-corrected chi connectivity index (χ1v) is 27.8. The van der Waals surface area contributed by atoms with Gasteiger partial charge in [0.1, 0.15) is 0 Å². The minimum absolute atomic E-state index is 0. The summed E-state index contributed by atoms with van der Waals surface area (Å²) in [7, 11) is -4.33. The standard InChI is InChI=1S/C23H50NPSi3.C6H10.Ti/c1-10-13-20-26(4,5)25(24-23-18-16-17-19-23,27(6,7)21-14-11-2)28(8,9)22-15-12-3;1-5(2)6(3)4;/h16-18H,10-15,19-22H2,1-9H3;1,3H2,2,4H3;. The molecule has 0 aromatic heterocycles. The predicted molar refractivity (Wildman–Crippen MR) is 172 cm³/mol. The third-order valence-corrected chi connectivity index (χ3v) is 69.7. The van der Waals surface area contributed by atoms with Gasteiger partial charge < -0.3 is 0 Å². The summed E-state index contributed by atoms with van der Waals surface area (Å²) < 4.78 is 6.08. The first-order chi connectivity index (χ1) is 15.7. The smallest absolute Gasteiger partial charge is 0.0873 e. The molecule has 0 atom stereocenters. The predicted octanol–water partition coefficient (Wildman–Crippen LogP) is 12.2. The summed E-state index contributed by atoms with van der Waals surface area (Å²) in [5.41, 5.74) is 2.26. The van der Waals surface area contributed by atoms with E-state index >= 15 is 0 Å². The molecule has 1 aliphatic rings. The van der Waals surface area contributed by atoms with Crippen molar-refractivity contribution in [2.75, 3.05) is 0 Å². The van der Waals surface area contributed by atoms with Crippen LogP contribution in [-0.2, 0) is 21.7 Å². The Hall–Kier alpha value is 0.555. The molecular weight excluding hydrogens is 525 g/mol. The fourth-order valence-corrected chi connectivity index (χ4v) is 89.7. The van der Waals surface area contributed by atoms with Crippen molar-refractivity contribution in [3.8, 4) is 0 Å². The molecule has 0 saturated heterocycles. The second-order valence-electron chi connectivity index (χ2n) is 12.3. The summed E-state index contributed by atoms with van der Waals surface area (Å²) >= 11 is 0. The van der Waals surface area contributed by atoms with Gasteiger partial charge in [0.25, 0.3) is 0 Å². The fraction of sp³-hybridized carbons (Fsp3) is 0.724. The Morgan fingerprint density at radius 3 is 1.34 bits per heavy atom. The number of rotatable bonds is 14. The molecule has 202 valence electrons. The first kappa shape index (κ1) is 37.7. The van der Waals surface area contributed by atoms with E-state index < -0.39 is 28.9 Å². The van der Waals surface area contributed by atoms with Gasteiger partial charge in [0.05, 0.1) is 23.2 Å². The Kier molecular flexibility index (Phi) is 18.5. The minimum Gasteiger partial charge on any atom is -0.283 e. The fourth-order valence-electron chi connectivity index (χ4n) is 5.88. The molecule has 0 aliphatic heterocycles. The Morgan fingerprint density at radius 2 is 1.11 bits per heavy atom. The quantitative estimate of drug-likeness (QED) is 0.109. The maximum absolute atomic E-state index is 6.08. The topological polar surface area (TPSA) is 12.4 Å². The molecule has 0 unspecified atom stereocenters. The van der Waals surface area contributed by atoms with E-state index in [9.17, 15) is 0 Å². The largest absolute Gasteiger partial charge is 0.283 e. The van der Waals surface area contributed by atoms with E-state index in [0.29, 0.717) is 0 Å². The third-order valence-electron chi connectivity index (χ3n) is 7.81. The first-order valence-electron chi connectivity index (χ1n) is 14.0. The van der Waals surface area contributed by atoms with Crippen LogP contribution in [0.1, 0.15) is 79.6 Å². The Bertz CT molecular complexity index is 710. The maximum atomic E-state index is 6.08. The van der Waals surface area contributed by atoms with Crippen LogP contribution < -0.4 is 0 Å². The van der Waals surface area contributed by atoms with Gasteiger partial charge >= 0.3 is 0 Å². The van der Waals surface area contributed by atoms with Crippen molar-refractivity contribution in [1.82, 2.24) is 0 Å². The van der Waals surface area contributed by atoms with Gasteiger partial charge in [0, 0.05) is 33.8 Å². The Morgan fingerprint density at radius 1 is 0.771 bits per heavy atom. The summed E-state index contributed by atoms with van der Waals surface area (Å²) in [5.74, 6) is 0. The number of nitrogens with zero attached hydrogens (tertiary/aromatic N) is 1. The molecule has 1 nitrogen and oxygen atoms in total. The summed E-state index contributed by atoms with van der Waals surface area (Å²) in [6.07, 6.45) is 16.3. The van der Waals surface area contributed by atoms with Crippen LogP contribution in [0.3, 0.4) is 0 Å². The van der Waals surface area contributed by atoms with E-state index in [1.165, 1.54) is 62.4 Å². The number of hydrogen-bond acceptors (Lipinski definition) is 1. The normalized spacial score (nSPS) is 14.0. The molecule has 35 heavy (non-hydrogen) atoms. The zero-order valence-corrected chi connectivity index (χ0v) is 31.1. The van der Waals surface area contributed by atoms with Crippen LogP contribution in [0.2, 0.25) is 57.4 Å². The van der Waals surface area contributed by atoms with Crippen LogP contribution in [0, 0.1) is 0 Å². The molecule has 0 fully saturated rings. The van der Waals surface area contributed by atoms with Crippen molar-refractivity contribution in [3.05, 3.63) is 48.2 Å². The Labute approximate surface area is 239 Å². The average Bonchev–Trinajstić information content (AvgIpc) is 3.26. The third kappa shape index (κ3) is 10.7. The van der Waals surface area contributed by atoms with Gasteiger partial charge in [-0.15, -0.1) is 0 Å². The van der Waals surface area contributed by atoms with Gasteiger partial charge in [-0.25, -0.2) is 0 Å². The van der Waals surface area contributed by atoms with E-state index in [-0.39, 0.29) is 21.7 Å². The van der Waals surface area contributed by atoms with Crippen molar-refractivity contribution in [2.24, 2.45) is 4.74 Å². The van der Waals surface area contributed by atoms with Gasteiger partial charge in [-0.1, -0.05) is 159 Å². The zero-order valence-electron chi connectivity index (χ0n) is 25.6. The molecule has 0 radical (unpaired) electrons. The van der Waals surface area contributed by atoms with Crippen molar-refractivity contribution in [2.45, 2.75) is 137 Å². The maximum Gasteiger partial charge on any atom is 0.0873 e. The summed E-state index contributed by atoms with van der Waals surface area (Å²) in [5, 5.41) is 0. The Balaban J connectivity index is 0. The van der Waals surface area contributed by atoms with Crippen molar-refractivity contribution in [3.63, 3.8) is 0 Å². The van der Waals surface area contributed by atoms with Gasteiger partial charge in [-0.3, -0.25) is 4.74 Å². The van der Waals surface area contributed by atoms with Crippen LogP contribution in [0.5, 0.6) is 0 Å². The second-order valence-corrected chi connectivity index (χ2v) is 46.9. The van der Waals surface area contributed by atoms with Crippen LogP contribution in [-0.4, -0.2) is 23.2 Å². The molecule has 1 aliphatic carbocycles. The summed E-state index contributed by atoms with van der Waals surface area (Å²) in [6, 6.07) is 4.52. The number of hydrogen-bond donors (Lipinski definition) is 0. The number of allylic oxidation sites excluding steroid dienone is 5. The molecule has 0 aromatic carbocycles. The molecule has 6 heteroatoms. The number of unbranched alkanes of at least 4 members (excludes halogenated alkanes) is 3. The van der Waals surface area contributed by atoms with Crippen LogP contribution in [0.4, 0.5) is 0 Å². The van der Waals surface area contributed by atoms with Crippen LogP contribution >= 0.6 is 5.70 Å². The SMILES string of the molecule is C=C(C)C(=C)C.CCCC[Si](C)(C)P(=NC1=CC=CC1)([Si](C)(C)CCCC)[Si](C)(C)CCCC.[Ti]. The van der Waals surface area contributed by atoms with Gasteiger partial charge in [0.15, 0.2) is 0 Å². The molecule has 0 bridgehead atoms. The van der Waals surface area contributed by atoms with Gasteiger partial charge in [-0.2, -0.15) is 0 Å². The van der Waals surface area contributed by atoms with E-state index in [4.69, 9.17) is 4.74 Å². The minimum atomic E-state index is -1.44. The van der Waals surface area contributed by atoms with E-state index in [0.717, 1.165) is 17.6 Å². The summed E-state index contributed by atoms with van der Waals surface area (Å²) in [6.45, 7) is 35.0. The molecule has 1 rings (SSSR count). The molecule has 0 heterocycles. The molecule has 0 aromatic rings. The molecule has 0 spiro atoms. The molecular formula is C29H60NPSi3Ti. The van der Waals surface area contributed by atoms with Gasteiger partial charge in [-0.05, 0) is 19.9 Å². The van der Waals surface area contributed by atoms with Crippen molar-refractivity contribution < 1.29 is 21.7 Å². The molecule has 0 amide bonds. The molecule has 0 N–H and O–H groups in total. The monoisotopic (exact) mass is 585 g/mol. The van der Waals surface area contributed by atoms with Crippen LogP contribution in [0.25, 0.3) is 0 Å². The van der Waals surface area contributed by atoms with Crippen molar-refractivity contribution >= 4 is 28.9 Å². The van der Waals surface area contributed by atoms with E-state index in [1.807, 2.05) is 13.8 Å². The summed E-state index contributed by atoms with van der Waals surface area (Å²) in [4.78, 5) is 0. The molecule has 0 saturated carbocycles. The van der Waals surface area contributed by atoms with Crippen LogP contribution in [0.15, 0.2) is 53.0 Å². The van der Waals surface area contributed by atoms with E-state index in [1.54, 1.807) is 0 Å². The van der Waals surface area contributed by atoms with Crippen molar-refractivity contribution in [1.29, 1.82) is 0 Å². The van der Waals surface area contributed by atoms with Gasteiger partial charge in [0.2, 0.25) is 0 Å².